The molecule has 0 unspecified atom stereocenters. The van der Waals surface area contributed by atoms with Gasteiger partial charge in [0.15, 0.2) is 0 Å². The molecule has 2 amide bonds. The number of nitrogens with one attached hydrogen (secondary N) is 2. The van der Waals surface area contributed by atoms with Crippen molar-refractivity contribution in [2.24, 2.45) is 0 Å². The molecule has 0 bridgehead atoms. The van der Waals surface area contributed by atoms with Crippen LogP contribution in [0.5, 0.6) is 0 Å². The van der Waals surface area contributed by atoms with Crippen molar-refractivity contribution < 1.29 is 14.3 Å². The maximum Gasteiger partial charge on any atom is 0.247 e. The van der Waals surface area contributed by atoms with E-state index >= 15 is 0 Å². The number of amides is 2. The predicted molar refractivity (Wildman–Crippen MR) is 52.1 cm³/mol. The summed E-state index contributed by atoms with van der Waals surface area (Å²) in [6, 6.07) is 0. The highest BCUT2D eigenvalue weighted by Gasteiger charge is 2.25. The summed E-state index contributed by atoms with van der Waals surface area (Å²) in [6.07, 6.45) is 2.16. The number of rotatable bonds is 5. The zero-order valence-electron chi connectivity index (χ0n) is 8.29. The van der Waals surface area contributed by atoms with E-state index in [4.69, 9.17) is 4.74 Å². The van der Waals surface area contributed by atoms with Gasteiger partial charge in [-0.3, -0.25) is 9.59 Å². The zero-order valence-corrected chi connectivity index (χ0v) is 8.29. The summed E-state index contributed by atoms with van der Waals surface area (Å²) in [4.78, 5) is 21.9. The summed E-state index contributed by atoms with van der Waals surface area (Å²) >= 11 is 0. The Hall–Kier alpha value is -1.62. The Morgan fingerprint density at radius 3 is 1.79 bits per heavy atom. The molecule has 78 valence electrons. The highest BCUT2D eigenvalue weighted by Crippen LogP contribution is 1.99. The molecule has 0 atom stereocenters. The van der Waals surface area contributed by atoms with E-state index in [1.54, 1.807) is 0 Å². The second-order valence-corrected chi connectivity index (χ2v) is 2.62. The van der Waals surface area contributed by atoms with E-state index < -0.39 is 17.7 Å². The van der Waals surface area contributed by atoms with Crippen LogP contribution in [0.1, 0.15) is 6.92 Å². The average Bonchev–Trinajstić information content (AvgIpc) is 2.17. The molecule has 14 heavy (non-hydrogen) atoms. The number of ether oxygens (including phenoxy) is 1. The largest absolute Gasteiger partial charge is 0.342 e. The fourth-order valence-corrected chi connectivity index (χ4v) is 0.706. The van der Waals surface area contributed by atoms with Crippen LogP contribution in [0.3, 0.4) is 0 Å². The molecule has 0 aromatic carbocycles. The third-order valence-corrected chi connectivity index (χ3v) is 1.50. The molecule has 0 saturated heterocycles. The lowest BCUT2D eigenvalue weighted by atomic mass is 10.4. The number of carbonyl (C=O) groups excluding carboxylic acids is 2. The van der Waals surface area contributed by atoms with Crippen LogP contribution in [0.15, 0.2) is 25.3 Å². The van der Waals surface area contributed by atoms with Crippen molar-refractivity contribution in [3.63, 3.8) is 0 Å². The second kappa shape index (κ2) is 5.18. The van der Waals surface area contributed by atoms with Crippen molar-refractivity contribution in [1.82, 2.24) is 10.6 Å². The molecule has 0 rings (SSSR count). The zero-order chi connectivity index (χ0) is 11.2. The summed E-state index contributed by atoms with van der Waals surface area (Å²) in [5.41, 5.74) is 0. The maximum atomic E-state index is 11.0. The minimum atomic E-state index is -1.25. The van der Waals surface area contributed by atoms with E-state index in [9.17, 15) is 9.59 Å². The first kappa shape index (κ1) is 12.4. The molecule has 0 aliphatic rings. The Morgan fingerprint density at radius 1 is 1.21 bits per heavy atom. The Morgan fingerprint density at radius 2 is 1.57 bits per heavy atom. The van der Waals surface area contributed by atoms with E-state index in [2.05, 4.69) is 23.8 Å². The van der Waals surface area contributed by atoms with Crippen molar-refractivity contribution in [2.75, 3.05) is 7.11 Å². The van der Waals surface area contributed by atoms with E-state index in [0.717, 1.165) is 12.2 Å². The number of hydrogen-bond donors (Lipinski definition) is 2. The molecule has 0 heterocycles. The van der Waals surface area contributed by atoms with E-state index in [1.807, 2.05) is 0 Å². The number of methoxy groups -OCH3 is 1. The molecular formula is C9H14N2O3. The van der Waals surface area contributed by atoms with Gasteiger partial charge in [-0.2, -0.15) is 0 Å². The van der Waals surface area contributed by atoms with Crippen LogP contribution in [0.2, 0.25) is 0 Å². The summed E-state index contributed by atoms with van der Waals surface area (Å²) in [5, 5.41) is 4.80. The lowest BCUT2D eigenvalue weighted by Crippen LogP contribution is -2.59. The molecule has 5 nitrogen and oxygen atoms in total. The van der Waals surface area contributed by atoms with Gasteiger partial charge in [0.2, 0.25) is 17.7 Å². The van der Waals surface area contributed by atoms with Crippen molar-refractivity contribution >= 4 is 11.8 Å². The van der Waals surface area contributed by atoms with Gasteiger partial charge in [-0.25, -0.2) is 0 Å². The predicted octanol–water partition coefficient (Wildman–Crippen LogP) is -0.0891. The number of carbonyl (C=O) groups is 2. The van der Waals surface area contributed by atoms with Crippen LogP contribution in [0, 0.1) is 0 Å². The van der Waals surface area contributed by atoms with Crippen LogP contribution in [0.25, 0.3) is 0 Å². The Bertz CT molecular complexity index is 239. The Balaban J connectivity index is 4.45. The molecule has 0 aliphatic heterocycles. The summed E-state index contributed by atoms with van der Waals surface area (Å²) in [5.74, 6) is -2.14. The van der Waals surface area contributed by atoms with Crippen molar-refractivity contribution in [2.45, 2.75) is 12.8 Å². The van der Waals surface area contributed by atoms with Crippen molar-refractivity contribution in [3.8, 4) is 0 Å². The van der Waals surface area contributed by atoms with Gasteiger partial charge in [-0.1, -0.05) is 13.2 Å². The van der Waals surface area contributed by atoms with Gasteiger partial charge in [0, 0.05) is 14.0 Å². The standard InChI is InChI=1S/C9H14N2O3/c1-5-7(12)10-9(3,14-4)11-8(13)6-2/h5-6H,1-2H2,3-4H3,(H,10,12)(H,11,13). The lowest BCUT2D eigenvalue weighted by molar-refractivity contribution is -0.135. The van der Waals surface area contributed by atoms with Gasteiger partial charge < -0.3 is 15.4 Å². The number of hydrogen-bond acceptors (Lipinski definition) is 3. The molecule has 0 radical (unpaired) electrons. The first-order valence-corrected chi connectivity index (χ1v) is 3.91. The average molecular weight is 198 g/mol. The molecule has 0 spiro atoms. The Labute approximate surface area is 82.8 Å². The molecule has 2 N–H and O–H groups in total. The Kier molecular flexibility index (Phi) is 4.58. The molecule has 0 aromatic heterocycles. The fourth-order valence-electron chi connectivity index (χ4n) is 0.706. The van der Waals surface area contributed by atoms with Gasteiger partial charge in [-0.15, -0.1) is 0 Å². The van der Waals surface area contributed by atoms with Crippen LogP contribution in [-0.2, 0) is 14.3 Å². The van der Waals surface area contributed by atoms with Crippen molar-refractivity contribution in [3.05, 3.63) is 25.3 Å². The minimum Gasteiger partial charge on any atom is -0.342 e. The normalized spacial score (nSPS) is 10.1. The summed E-state index contributed by atoms with van der Waals surface area (Å²) in [6.45, 7) is 8.05. The maximum absolute atomic E-state index is 11.0. The summed E-state index contributed by atoms with van der Waals surface area (Å²) < 4.78 is 4.92. The van der Waals surface area contributed by atoms with Gasteiger partial charge in [-0.05, 0) is 12.2 Å². The third-order valence-electron chi connectivity index (χ3n) is 1.50. The van der Waals surface area contributed by atoms with Gasteiger partial charge in [0.1, 0.15) is 0 Å². The van der Waals surface area contributed by atoms with Crippen molar-refractivity contribution in [1.29, 1.82) is 0 Å². The monoisotopic (exact) mass is 198 g/mol. The topological polar surface area (TPSA) is 67.4 Å². The molecule has 0 aliphatic carbocycles. The molecule has 0 saturated carbocycles. The van der Waals surface area contributed by atoms with Crippen LogP contribution < -0.4 is 10.6 Å². The van der Waals surface area contributed by atoms with E-state index in [-0.39, 0.29) is 0 Å². The third kappa shape index (κ3) is 3.86. The molecule has 0 fully saturated rings. The van der Waals surface area contributed by atoms with Gasteiger partial charge in [0.25, 0.3) is 0 Å². The summed E-state index contributed by atoms with van der Waals surface area (Å²) in [7, 11) is 1.35. The first-order valence-electron chi connectivity index (χ1n) is 3.91. The lowest BCUT2D eigenvalue weighted by Gasteiger charge is -2.28. The second-order valence-electron chi connectivity index (χ2n) is 2.62. The highest BCUT2D eigenvalue weighted by molar-refractivity contribution is 5.90. The smallest absolute Gasteiger partial charge is 0.247 e. The minimum absolute atomic E-state index is 0.446. The molecular weight excluding hydrogens is 184 g/mol. The van der Waals surface area contributed by atoms with Crippen LogP contribution in [-0.4, -0.2) is 24.8 Å². The van der Waals surface area contributed by atoms with Crippen LogP contribution >= 0.6 is 0 Å². The highest BCUT2D eigenvalue weighted by atomic mass is 16.5. The molecule has 0 aromatic rings. The SMILES string of the molecule is C=CC(=O)NC(C)(NC(=O)C=C)OC. The van der Waals surface area contributed by atoms with E-state index in [0.29, 0.717) is 0 Å². The quantitative estimate of drug-likeness (QED) is 0.479. The van der Waals surface area contributed by atoms with Gasteiger partial charge >= 0.3 is 0 Å². The van der Waals surface area contributed by atoms with Crippen LogP contribution in [0.4, 0.5) is 0 Å². The molecule has 5 heteroatoms. The first-order chi connectivity index (χ1) is 6.47. The van der Waals surface area contributed by atoms with E-state index in [1.165, 1.54) is 14.0 Å². The van der Waals surface area contributed by atoms with Gasteiger partial charge in [0.05, 0.1) is 0 Å². The fraction of sp³-hybridized carbons (Fsp3) is 0.333.